The van der Waals surface area contributed by atoms with Crippen molar-refractivity contribution < 1.29 is 78.7 Å². The number of hydrogen-bond acceptors (Lipinski definition) is 16. The van der Waals surface area contributed by atoms with Crippen LogP contribution in [0.5, 0.6) is 0 Å². The van der Waals surface area contributed by atoms with Crippen molar-refractivity contribution in [1.29, 1.82) is 0 Å². The van der Waals surface area contributed by atoms with Crippen LogP contribution >= 0.6 is 0 Å². The Balaban J connectivity index is 5.72. The van der Waals surface area contributed by atoms with Gasteiger partial charge >= 0.3 is 0 Å². The fourth-order valence-corrected chi connectivity index (χ4v) is 7.85. The quantitative estimate of drug-likeness (QED) is 0.0287. The van der Waals surface area contributed by atoms with E-state index in [9.17, 15) is 40.9 Å². The molecule has 0 spiro atoms. The van der Waals surface area contributed by atoms with Crippen molar-refractivity contribution in [2.75, 3.05) is 106 Å². The number of rotatable bonds is 59. The third kappa shape index (κ3) is 47.1. The lowest BCUT2D eigenvalue weighted by Gasteiger charge is -2.31. The van der Waals surface area contributed by atoms with Gasteiger partial charge in [0.05, 0.1) is 92.5 Å². The van der Waals surface area contributed by atoms with E-state index in [2.05, 4.69) is 13.8 Å². The first-order valence-electron chi connectivity index (χ1n) is 28.2. The molecule has 0 aliphatic heterocycles. The van der Waals surface area contributed by atoms with Crippen LogP contribution in [-0.4, -0.2) is 195 Å². The van der Waals surface area contributed by atoms with Gasteiger partial charge in [0.2, 0.25) is 0 Å². The van der Waals surface area contributed by atoms with E-state index >= 15 is 0 Å². The Morgan fingerprint density at radius 1 is 0.257 bits per heavy atom. The van der Waals surface area contributed by atoms with Crippen LogP contribution in [-0.2, 0) is 37.9 Å². The van der Waals surface area contributed by atoms with Gasteiger partial charge in [-0.05, 0) is 12.8 Å². The third-order valence-corrected chi connectivity index (χ3v) is 12.4. The summed E-state index contributed by atoms with van der Waals surface area (Å²) in [7, 11) is 0. The van der Waals surface area contributed by atoms with E-state index in [0.717, 1.165) is 38.5 Å². The summed E-state index contributed by atoms with van der Waals surface area (Å²) in [6, 6.07) is 0. The number of hydrogen-bond donors (Lipinski definition) is 8. The van der Waals surface area contributed by atoms with Gasteiger partial charge in [0.1, 0.15) is 48.8 Å². The maximum Gasteiger partial charge on any atom is 0.109 e. The lowest BCUT2D eigenvalue weighted by molar-refractivity contribution is -0.170. The number of ether oxygens (including phenoxy) is 8. The molecule has 16 nitrogen and oxygen atoms in total. The molecule has 0 bridgehead atoms. The van der Waals surface area contributed by atoms with Gasteiger partial charge in [0, 0.05) is 13.2 Å². The molecule has 0 amide bonds. The summed E-state index contributed by atoms with van der Waals surface area (Å²) in [6.45, 7) is 3.07. The highest BCUT2D eigenvalue weighted by Crippen LogP contribution is 2.17. The third-order valence-electron chi connectivity index (χ3n) is 12.4. The van der Waals surface area contributed by atoms with Crippen LogP contribution in [0.15, 0.2) is 0 Å². The Hall–Kier alpha value is -0.640. The molecule has 0 saturated carbocycles. The molecule has 0 aromatic carbocycles. The van der Waals surface area contributed by atoms with Crippen LogP contribution in [0.2, 0.25) is 0 Å². The first-order valence-corrected chi connectivity index (χ1v) is 28.2. The average molecular weight is 1020 g/mol. The SMILES string of the molecule is CCCCCCCCCCCCCCCCOCC(OCC(COCC(O)CO)OCC(O)CO)C(COCCCCCCCCCCCCCCCC)OCC(COCC(O)CO)OCC(O)CO. The van der Waals surface area contributed by atoms with Crippen molar-refractivity contribution in [3.63, 3.8) is 0 Å². The molecule has 0 aliphatic rings. The van der Waals surface area contributed by atoms with Crippen LogP contribution in [0.25, 0.3) is 0 Å². The van der Waals surface area contributed by atoms with Gasteiger partial charge in [-0.15, -0.1) is 0 Å². The topological polar surface area (TPSA) is 236 Å². The zero-order valence-electron chi connectivity index (χ0n) is 44.6. The lowest BCUT2D eigenvalue weighted by Crippen LogP contribution is -2.44. The van der Waals surface area contributed by atoms with Gasteiger partial charge in [0.15, 0.2) is 0 Å². The first-order chi connectivity index (χ1) is 34.2. The second-order valence-electron chi connectivity index (χ2n) is 19.4. The Morgan fingerprint density at radius 2 is 0.514 bits per heavy atom. The molecule has 0 heterocycles. The molecule has 0 saturated heterocycles. The van der Waals surface area contributed by atoms with Crippen LogP contribution < -0.4 is 0 Å². The molecule has 0 fully saturated rings. The fourth-order valence-electron chi connectivity index (χ4n) is 7.85. The van der Waals surface area contributed by atoms with E-state index in [4.69, 9.17) is 37.9 Å². The summed E-state index contributed by atoms with van der Waals surface area (Å²) in [6.07, 6.45) is 27.8. The second kappa shape index (κ2) is 54.6. The summed E-state index contributed by atoms with van der Waals surface area (Å²) >= 11 is 0. The normalized spacial score (nSPS) is 15.5. The highest BCUT2D eigenvalue weighted by molar-refractivity contribution is 4.75. The summed E-state index contributed by atoms with van der Waals surface area (Å²) in [5.41, 5.74) is 0. The largest absolute Gasteiger partial charge is 0.394 e. The first kappa shape index (κ1) is 69.4. The van der Waals surface area contributed by atoms with Crippen molar-refractivity contribution in [3.05, 3.63) is 0 Å². The Kier molecular flexibility index (Phi) is 54.1. The van der Waals surface area contributed by atoms with Crippen LogP contribution in [0.4, 0.5) is 0 Å². The predicted octanol–water partition coefficient (Wildman–Crippen LogP) is 6.97. The average Bonchev–Trinajstić information content (AvgIpc) is 3.37. The van der Waals surface area contributed by atoms with E-state index in [1.54, 1.807) is 0 Å². The summed E-state index contributed by atoms with van der Waals surface area (Å²) in [5, 5.41) is 77.3. The van der Waals surface area contributed by atoms with Crippen molar-refractivity contribution in [3.8, 4) is 0 Å². The maximum absolute atomic E-state index is 10.1. The summed E-state index contributed by atoms with van der Waals surface area (Å²) in [4.78, 5) is 0. The maximum atomic E-state index is 10.1. The number of aliphatic hydroxyl groups is 8. The van der Waals surface area contributed by atoms with Gasteiger partial charge in [-0.2, -0.15) is 0 Å². The van der Waals surface area contributed by atoms with Gasteiger partial charge in [-0.1, -0.05) is 181 Å². The Labute approximate surface area is 425 Å². The van der Waals surface area contributed by atoms with Crippen molar-refractivity contribution >= 4 is 0 Å². The molecule has 8 unspecified atom stereocenters. The minimum atomic E-state index is -1.13. The van der Waals surface area contributed by atoms with Gasteiger partial charge < -0.3 is 78.7 Å². The molecule has 0 aromatic heterocycles. The standard InChI is InChI=1S/C54H110O16/c1-3-5-7-9-11-13-15-17-19-21-23-25-27-29-31-63-45-53(69-43-51(67-39-49(61)35-57)41-65-37-47(59)33-55)54(70-44-52(68-40-50(62)36-58)42-66-38-48(60)34-56)46-64-32-30-28-26-24-22-20-18-16-14-12-10-8-6-4-2/h47-62H,3-46H2,1-2H3. The minimum absolute atomic E-state index is 0.0378. The Morgan fingerprint density at radius 3 is 0.786 bits per heavy atom. The molecule has 16 heteroatoms. The fraction of sp³-hybridized carbons (Fsp3) is 1.00. The molecule has 0 radical (unpaired) electrons. The Bertz CT molecular complexity index is 928. The molecule has 0 aromatic rings. The van der Waals surface area contributed by atoms with E-state index in [-0.39, 0.29) is 66.1 Å². The highest BCUT2D eigenvalue weighted by Gasteiger charge is 2.28. The van der Waals surface area contributed by atoms with Crippen LogP contribution in [0.1, 0.15) is 194 Å². The predicted molar refractivity (Wildman–Crippen MR) is 275 cm³/mol. The van der Waals surface area contributed by atoms with Crippen molar-refractivity contribution in [2.24, 2.45) is 0 Å². The van der Waals surface area contributed by atoms with E-state index in [0.29, 0.717) is 13.2 Å². The molecular weight excluding hydrogens is 905 g/mol. The zero-order chi connectivity index (χ0) is 51.4. The highest BCUT2D eigenvalue weighted by atomic mass is 16.6. The molecule has 8 N–H and O–H groups in total. The molecule has 0 rings (SSSR count). The van der Waals surface area contributed by atoms with Gasteiger partial charge in [-0.3, -0.25) is 0 Å². The minimum Gasteiger partial charge on any atom is -0.394 e. The monoisotopic (exact) mass is 1010 g/mol. The van der Waals surface area contributed by atoms with Gasteiger partial charge in [-0.25, -0.2) is 0 Å². The molecular formula is C54H110O16. The van der Waals surface area contributed by atoms with E-state index in [1.807, 2.05) is 0 Å². The molecule has 8 atom stereocenters. The zero-order valence-corrected chi connectivity index (χ0v) is 44.6. The van der Waals surface area contributed by atoms with Crippen molar-refractivity contribution in [2.45, 2.75) is 242 Å². The second-order valence-corrected chi connectivity index (χ2v) is 19.4. The smallest absolute Gasteiger partial charge is 0.109 e. The van der Waals surface area contributed by atoms with Crippen molar-refractivity contribution in [1.82, 2.24) is 0 Å². The van der Waals surface area contributed by atoms with Crippen LogP contribution in [0.3, 0.4) is 0 Å². The molecule has 70 heavy (non-hydrogen) atoms. The number of aliphatic hydroxyl groups excluding tert-OH is 8. The summed E-state index contributed by atoms with van der Waals surface area (Å²) in [5.74, 6) is 0. The lowest BCUT2D eigenvalue weighted by atomic mass is 10.0. The van der Waals surface area contributed by atoms with E-state index in [1.165, 1.54) is 141 Å². The molecule has 422 valence electrons. The van der Waals surface area contributed by atoms with Gasteiger partial charge in [0.25, 0.3) is 0 Å². The number of unbranched alkanes of at least 4 members (excludes halogenated alkanes) is 26. The molecule has 0 aliphatic carbocycles. The van der Waals surface area contributed by atoms with Crippen LogP contribution in [0, 0.1) is 0 Å². The summed E-state index contributed by atoms with van der Waals surface area (Å²) < 4.78 is 48.5. The van der Waals surface area contributed by atoms with E-state index < -0.39 is 75.3 Å².